The van der Waals surface area contributed by atoms with Crippen LogP contribution in [0.3, 0.4) is 0 Å². The molecule has 2 rings (SSSR count). The average molecular weight is 198 g/mol. The van der Waals surface area contributed by atoms with Gasteiger partial charge in [-0.1, -0.05) is 0 Å². The van der Waals surface area contributed by atoms with E-state index in [1.165, 1.54) is 6.07 Å². The van der Waals surface area contributed by atoms with Crippen LogP contribution in [0.15, 0.2) is 17.0 Å². The van der Waals surface area contributed by atoms with Crippen molar-refractivity contribution in [1.29, 1.82) is 0 Å². The molecule has 70 valence electrons. The second-order valence-electron chi connectivity index (χ2n) is 3.40. The van der Waals surface area contributed by atoms with E-state index < -0.39 is 5.79 Å². The molecule has 0 fully saturated rings. The molecule has 0 amide bonds. The van der Waals surface area contributed by atoms with Crippen LogP contribution in [0.4, 0.5) is 0 Å². The van der Waals surface area contributed by atoms with Gasteiger partial charge in [0.05, 0.1) is 0 Å². The third kappa shape index (κ3) is 1.42. The van der Waals surface area contributed by atoms with Gasteiger partial charge in [0.1, 0.15) is 0 Å². The van der Waals surface area contributed by atoms with Crippen molar-refractivity contribution in [2.24, 2.45) is 0 Å². The Morgan fingerprint density at radius 3 is 2.69 bits per heavy atom. The minimum absolute atomic E-state index is 0.0630. The lowest BCUT2D eigenvalue weighted by Gasteiger charge is -2.16. The van der Waals surface area contributed by atoms with Crippen LogP contribution < -0.4 is 9.47 Å². The Labute approximate surface area is 81.7 Å². The number of thiol groups is 1. The predicted octanol–water partition coefficient (Wildman–Crippen LogP) is 2.19. The maximum atomic E-state index is 9.49. The summed E-state index contributed by atoms with van der Waals surface area (Å²) in [4.78, 5) is 0.651. The normalized spacial score (nSPS) is 17.5. The van der Waals surface area contributed by atoms with E-state index in [-0.39, 0.29) is 5.75 Å². The molecule has 0 aromatic heterocycles. The molecule has 0 bridgehead atoms. The van der Waals surface area contributed by atoms with Crippen LogP contribution in [-0.2, 0) is 0 Å². The molecule has 0 saturated heterocycles. The number of fused-ring (bicyclic) bond motifs is 1. The predicted molar refractivity (Wildman–Crippen MR) is 50.7 cm³/mol. The number of phenols is 1. The number of aromatic hydroxyl groups is 1. The number of benzene rings is 1. The van der Waals surface area contributed by atoms with Crippen LogP contribution in [0.5, 0.6) is 17.2 Å². The van der Waals surface area contributed by atoms with Gasteiger partial charge in [0, 0.05) is 18.7 Å². The number of rotatable bonds is 0. The number of phenolic OH excluding ortho intramolecular Hbond substituents is 1. The standard InChI is InChI=1S/C9H10O3S/c1-9(2)11-7-4-5(13)3-6(10)8(7)12-9/h3-4,10,13H,1-2H3. The highest BCUT2D eigenvalue weighted by Crippen LogP contribution is 2.46. The molecular formula is C9H10O3S. The van der Waals surface area contributed by atoms with E-state index in [1.807, 2.05) is 0 Å². The maximum Gasteiger partial charge on any atom is 0.246 e. The van der Waals surface area contributed by atoms with Gasteiger partial charge < -0.3 is 14.6 Å². The zero-order chi connectivity index (χ0) is 9.64. The van der Waals surface area contributed by atoms with Gasteiger partial charge >= 0.3 is 0 Å². The fraction of sp³-hybridized carbons (Fsp3) is 0.333. The minimum atomic E-state index is -0.707. The second kappa shape index (κ2) is 2.48. The van der Waals surface area contributed by atoms with Gasteiger partial charge in [0.25, 0.3) is 0 Å². The summed E-state index contributed by atoms with van der Waals surface area (Å²) in [5, 5.41) is 9.49. The Bertz CT molecular complexity index is 360. The highest BCUT2D eigenvalue weighted by Gasteiger charge is 2.33. The van der Waals surface area contributed by atoms with Crippen LogP contribution in [0.25, 0.3) is 0 Å². The zero-order valence-corrected chi connectivity index (χ0v) is 8.26. The first kappa shape index (κ1) is 8.56. The number of hydrogen-bond donors (Lipinski definition) is 2. The Morgan fingerprint density at radius 1 is 1.31 bits per heavy atom. The summed E-state index contributed by atoms with van der Waals surface area (Å²) in [5.41, 5.74) is 0. The second-order valence-corrected chi connectivity index (χ2v) is 3.91. The molecule has 0 aliphatic carbocycles. The van der Waals surface area contributed by atoms with E-state index in [4.69, 9.17) is 9.47 Å². The summed E-state index contributed by atoms with van der Waals surface area (Å²) in [6, 6.07) is 3.24. The van der Waals surface area contributed by atoms with Crippen LogP contribution in [-0.4, -0.2) is 10.9 Å². The lowest BCUT2D eigenvalue weighted by Crippen LogP contribution is -2.29. The first-order valence-corrected chi connectivity index (χ1v) is 4.37. The lowest BCUT2D eigenvalue weighted by atomic mass is 10.3. The van der Waals surface area contributed by atoms with Crippen LogP contribution in [0.1, 0.15) is 13.8 Å². The third-order valence-electron chi connectivity index (χ3n) is 1.72. The Hall–Kier alpha value is -1.03. The first-order valence-electron chi connectivity index (χ1n) is 3.92. The van der Waals surface area contributed by atoms with Crippen molar-refractivity contribution >= 4 is 12.6 Å². The maximum absolute atomic E-state index is 9.49. The summed E-state index contributed by atoms with van der Waals surface area (Å²) in [6.07, 6.45) is 0. The summed E-state index contributed by atoms with van der Waals surface area (Å²) in [7, 11) is 0. The van der Waals surface area contributed by atoms with Crippen molar-refractivity contribution in [3.8, 4) is 17.2 Å². The van der Waals surface area contributed by atoms with E-state index in [2.05, 4.69) is 12.6 Å². The van der Waals surface area contributed by atoms with Crippen molar-refractivity contribution in [2.75, 3.05) is 0 Å². The van der Waals surface area contributed by atoms with E-state index in [0.717, 1.165) is 0 Å². The van der Waals surface area contributed by atoms with Crippen LogP contribution in [0.2, 0.25) is 0 Å². The van der Waals surface area contributed by atoms with Gasteiger partial charge in [-0.2, -0.15) is 0 Å². The molecular weight excluding hydrogens is 188 g/mol. The highest BCUT2D eigenvalue weighted by atomic mass is 32.1. The molecule has 1 aliphatic rings. The SMILES string of the molecule is CC1(C)Oc2cc(S)cc(O)c2O1. The van der Waals surface area contributed by atoms with Gasteiger partial charge in [-0.25, -0.2) is 0 Å². The lowest BCUT2D eigenvalue weighted by molar-refractivity contribution is -0.0440. The molecule has 3 nitrogen and oxygen atoms in total. The highest BCUT2D eigenvalue weighted by molar-refractivity contribution is 7.80. The fourth-order valence-electron chi connectivity index (χ4n) is 1.28. The molecule has 1 heterocycles. The summed E-state index contributed by atoms with van der Waals surface area (Å²) in [5.74, 6) is 0.285. The molecule has 1 aromatic rings. The zero-order valence-electron chi connectivity index (χ0n) is 7.37. The third-order valence-corrected chi connectivity index (χ3v) is 1.98. The quantitative estimate of drug-likeness (QED) is 0.628. The summed E-state index contributed by atoms with van der Waals surface area (Å²) >= 11 is 4.11. The average Bonchev–Trinajstić information content (AvgIpc) is 2.23. The topological polar surface area (TPSA) is 38.7 Å². The van der Waals surface area contributed by atoms with Gasteiger partial charge in [-0.15, -0.1) is 12.6 Å². The summed E-state index contributed by atoms with van der Waals surface area (Å²) in [6.45, 7) is 3.56. The van der Waals surface area contributed by atoms with Crippen molar-refractivity contribution in [3.05, 3.63) is 12.1 Å². The molecule has 1 N–H and O–H groups in total. The van der Waals surface area contributed by atoms with E-state index >= 15 is 0 Å². The van der Waals surface area contributed by atoms with Crippen LogP contribution in [0, 0.1) is 0 Å². The molecule has 0 spiro atoms. The van der Waals surface area contributed by atoms with Gasteiger partial charge in [0.2, 0.25) is 11.5 Å². The Morgan fingerprint density at radius 2 is 2.00 bits per heavy atom. The number of ether oxygens (including phenoxy) is 2. The largest absolute Gasteiger partial charge is 0.504 e. The van der Waals surface area contributed by atoms with E-state index in [0.29, 0.717) is 16.4 Å². The molecule has 13 heavy (non-hydrogen) atoms. The Kier molecular flexibility index (Phi) is 1.63. The molecule has 1 aromatic carbocycles. The van der Waals surface area contributed by atoms with Crippen LogP contribution >= 0.6 is 12.6 Å². The smallest absolute Gasteiger partial charge is 0.246 e. The Balaban J connectivity index is 2.52. The van der Waals surface area contributed by atoms with Crippen molar-refractivity contribution in [3.63, 3.8) is 0 Å². The molecule has 0 saturated carbocycles. The van der Waals surface area contributed by atoms with Gasteiger partial charge in [-0.3, -0.25) is 0 Å². The van der Waals surface area contributed by atoms with Gasteiger partial charge in [0.15, 0.2) is 11.5 Å². The number of hydrogen-bond acceptors (Lipinski definition) is 4. The van der Waals surface area contributed by atoms with E-state index in [1.54, 1.807) is 19.9 Å². The van der Waals surface area contributed by atoms with Gasteiger partial charge in [-0.05, 0) is 12.1 Å². The molecule has 0 atom stereocenters. The van der Waals surface area contributed by atoms with E-state index in [9.17, 15) is 5.11 Å². The molecule has 1 aliphatic heterocycles. The molecule has 0 unspecified atom stereocenters. The molecule has 0 radical (unpaired) electrons. The minimum Gasteiger partial charge on any atom is -0.504 e. The monoisotopic (exact) mass is 198 g/mol. The molecule has 4 heteroatoms. The first-order chi connectivity index (χ1) is 5.98. The fourth-order valence-corrected chi connectivity index (χ4v) is 1.52. The van der Waals surface area contributed by atoms with Crippen molar-refractivity contribution < 1.29 is 14.6 Å². The summed E-state index contributed by atoms with van der Waals surface area (Å²) < 4.78 is 10.8. The van der Waals surface area contributed by atoms with Crippen molar-refractivity contribution in [1.82, 2.24) is 0 Å². The van der Waals surface area contributed by atoms with Crippen molar-refractivity contribution in [2.45, 2.75) is 24.5 Å².